The van der Waals surface area contributed by atoms with Crippen LogP contribution in [0.15, 0.2) is 18.2 Å². The van der Waals surface area contributed by atoms with E-state index in [2.05, 4.69) is 4.74 Å². The Morgan fingerprint density at radius 1 is 1.50 bits per heavy atom. The Labute approximate surface area is 103 Å². The molecule has 0 atom stereocenters. The molecule has 1 aromatic carbocycles. The van der Waals surface area contributed by atoms with Crippen LogP contribution in [-0.4, -0.2) is 38.7 Å². The van der Waals surface area contributed by atoms with E-state index in [1.165, 1.54) is 24.1 Å². The predicted molar refractivity (Wildman–Crippen MR) is 60.9 cm³/mol. The van der Waals surface area contributed by atoms with Gasteiger partial charge in [-0.25, -0.2) is 9.18 Å². The van der Waals surface area contributed by atoms with Crippen molar-refractivity contribution in [1.29, 1.82) is 0 Å². The molecule has 0 aliphatic carbocycles. The molecule has 1 amide bonds. The molecular weight excluding hydrogens is 241 g/mol. The lowest BCUT2D eigenvalue weighted by Gasteiger charge is -2.27. The highest BCUT2D eigenvalue weighted by Gasteiger charge is 2.23. The first-order valence-corrected chi connectivity index (χ1v) is 5.39. The largest absolute Gasteiger partial charge is 0.465 e. The zero-order valence-electron chi connectivity index (χ0n) is 9.81. The molecule has 18 heavy (non-hydrogen) atoms. The first-order chi connectivity index (χ1) is 8.63. The van der Waals surface area contributed by atoms with Gasteiger partial charge < -0.3 is 14.4 Å². The Morgan fingerprint density at radius 3 is 2.89 bits per heavy atom. The fraction of sp³-hybridized carbons (Fsp3) is 0.333. The van der Waals surface area contributed by atoms with Crippen molar-refractivity contribution in [3.05, 3.63) is 29.6 Å². The van der Waals surface area contributed by atoms with Crippen molar-refractivity contribution in [3.8, 4) is 0 Å². The van der Waals surface area contributed by atoms with E-state index in [0.29, 0.717) is 13.2 Å². The number of amides is 1. The van der Waals surface area contributed by atoms with E-state index >= 15 is 0 Å². The summed E-state index contributed by atoms with van der Waals surface area (Å²) in [4.78, 5) is 24.1. The number of hydrogen-bond donors (Lipinski definition) is 0. The maximum Gasteiger partial charge on any atom is 0.337 e. The number of benzene rings is 1. The standard InChI is InChI=1S/C12H12FNO4/c1-17-12(16)8-2-3-10(9(13)6-8)14-4-5-18-7-11(14)15/h2-3,6H,4-5,7H2,1H3. The molecule has 0 unspecified atom stereocenters. The summed E-state index contributed by atoms with van der Waals surface area (Å²) >= 11 is 0. The minimum atomic E-state index is -0.631. The number of rotatable bonds is 2. The topological polar surface area (TPSA) is 55.8 Å². The van der Waals surface area contributed by atoms with Crippen LogP contribution in [-0.2, 0) is 14.3 Å². The number of esters is 1. The van der Waals surface area contributed by atoms with Crippen molar-refractivity contribution in [1.82, 2.24) is 0 Å². The summed E-state index contributed by atoms with van der Waals surface area (Å²) in [6.45, 7) is 0.607. The van der Waals surface area contributed by atoms with Crippen molar-refractivity contribution < 1.29 is 23.5 Å². The van der Waals surface area contributed by atoms with Crippen LogP contribution in [0.25, 0.3) is 0 Å². The van der Waals surface area contributed by atoms with Gasteiger partial charge in [-0.3, -0.25) is 4.79 Å². The summed E-state index contributed by atoms with van der Waals surface area (Å²) in [5, 5.41) is 0. The third-order valence-electron chi connectivity index (χ3n) is 2.65. The molecule has 1 aliphatic heterocycles. The fourth-order valence-electron chi connectivity index (χ4n) is 1.74. The molecule has 0 radical (unpaired) electrons. The van der Waals surface area contributed by atoms with Crippen LogP contribution < -0.4 is 4.90 Å². The van der Waals surface area contributed by atoms with Gasteiger partial charge in [-0.05, 0) is 18.2 Å². The zero-order valence-corrected chi connectivity index (χ0v) is 9.81. The van der Waals surface area contributed by atoms with Crippen LogP contribution in [0.1, 0.15) is 10.4 Å². The Morgan fingerprint density at radius 2 is 2.28 bits per heavy atom. The number of morpholine rings is 1. The van der Waals surface area contributed by atoms with E-state index < -0.39 is 11.8 Å². The van der Waals surface area contributed by atoms with E-state index in [9.17, 15) is 14.0 Å². The second kappa shape index (κ2) is 5.14. The van der Waals surface area contributed by atoms with Crippen LogP contribution in [0.3, 0.4) is 0 Å². The summed E-state index contributed by atoms with van der Waals surface area (Å²) in [7, 11) is 1.22. The SMILES string of the molecule is COC(=O)c1ccc(N2CCOCC2=O)c(F)c1. The Hall–Kier alpha value is -1.95. The first-order valence-electron chi connectivity index (χ1n) is 5.39. The quantitative estimate of drug-likeness (QED) is 0.737. The predicted octanol–water partition coefficient (Wildman–Crippen LogP) is 0.976. The van der Waals surface area contributed by atoms with Gasteiger partial charge >= 0.3 is 5.97 Å². The average Bonchev–Trinajstić information content (AvgIpc) is 2.39. The molecule has 96 valence electrons. The summed E-state index contributed by atoms with van der Waals surface area (Å²) < 4.78 is 23.3. The molecule has 1 fully saturated rings. The highest BCUT2D eigenvalue weighted by Crippen LogP contribution is 2.22. The molecule has 0 saturated carbocycles. The molecule has 1 saturated heterocycles. The van der Waals surface area contributed by atoms with E-state index in [1.807, 2.05) is 0 Å². The molecule has 2 rings (SSSR count). The van der Waals surface area contributed by atoms with Gasteiger partial charge in [-0.1, -0.05) is 0 Å². The van der Waals surface area contributed by atoms with E-state index in [0.717, 1.165) is 6.07 Å². The van der Waals surface area contributed by atoms with E-state index in [1.54, 1.807) is 0 Å². The maximum absolute atomic E-state index is 13.9. The third kappa shape index (κ3) is 2.33. The van der Waals surface area contributed by atoms with Gasteiger partial charge in [0.25, 0.3) is 5.91 Å². The zero-order chi connectivity index (χ0) is 13.1. The highest BCUT2D eigenvalue weighted by molar-refractivity contribution is 5.96. The lowest BCUT2D eigenvalue weighted by Crippen LogP contribution is -2.42. The lowest BCUT2D eigenvalue weighted by atomic mass is 10.1. The first kappa shape index (κ1) is 12.5. The van der Waals surface area contributed by atoms with Gasteiger partial charge in [0.05, 0.1) is 25.0 Å². The summed E-state index contributed by atoms with van der Waals surface area (Å²) in [6, 6.07) is 3.88. The van der Waals surface area contributed by atoms with Crippen molar-refractivity contribution in [2.45, 2.75) is 0 Å². The van der Waals surface area contributed by atoms with E-state index in [-0.39, 0.29) is 23.8 Å². The second-order valence-corrected chi connectivity index (χ2v) is 3.76. The Balaban J connectivity index is 2.29. The van der Waals surface area contributed by atoms with Crippen LogP contribution in [0, 0.1) is 5.82 Å². The minimum absolute atomic E-state index is 0.0573. The van der Waals surface area contributed by atoms with Gasteiger partial charge in [0, 0.05) is 6.54 Å². The molecule has 0 aromatic heterocycles. The number of carbonyl (C=O) groups is 2. The van der Waals surface area contributed by atoms with Crippen molar-refractivity contribution in [2.24, 2.45) is 0 Å². The maximum atomic E-state index is 13.9. The summed E-state index contributed by atoms with van der Waals surface area (Å²) in [6.07, 6.45) is 0. The van der Waals surface area contributed by atoms with Gasteiger partial charge in [0.1, 0.15) is 12.4 Å². The number of methoxy groups -OCH3 is 1. The van der Waals surface area contributed by atoms with Gasteiger partial charge in [0.2, 0.25) is 0 Å². The average molecular weight is 253 g/mol. The van der Waals surface area contributed by atoms with Crippen molar-refractivity contribution in [3.63, 3.8) is 0 Å². The lowest BCUT2D eigenvalue weighted by molar-refractivity contribution is -0.125. The number of halogens is 1. The summed E-state index contributed by atoms with van der Waals surface area (Å²) in [5.74, 6) is -1.55. The highest BCUT2D eigenvalue weighted by atomic mass is 19.1. The number of carbonyl (C=O) groups excluding carboxylic acids is 2. The number of nitrogens with zero attached hydrogens (tertiary/aromatic N) is 1. The minimum Gasteiger partial charge on any atom is -0.465 e. The third-order valence-corrected chi connectivity index (χ3v) is 2.65. The van der Waals surface area contributed by atoms with Gasteiger partial charge in [-0.2, -0.15) is 0 Å². The Bertz CT molecular complexity index is 489. The second-order valence-electron chi connectivity index (χ2n) is 3.76. The molecule has 1 heterocycles. The molecule has 0 N–H and O–H groups in total. The van der Waals surface area contributed by atoms with Gasteiger partial charge in [-0.15, -0.1) is 0 Å². The van der Waals surface area contributed by atoms with Crippen molar-refractivity contribution in [2.75, 3.05) is 31.8 Å². The van der Waals surface area contributed by atoms with Crippen LogP contribution in [0.5, 0.6) is 0 Å². The molecule has 5 nitrogen and oxygen atoms in total. The molecule has 6 heteroatoms. The molecule has 0 bridgehead atoms. The van der Waals surface area contributed by atoms with E-state index in [4.69, 9.17) is 4.74 Å². The molecular formula is C12H12FNO4. The number of ether oxygens (including phenoxy) is 2. The molecule has 1 aliphatic rings. The normalized spacial score (nSPS) is 15.7. The monoisotopic (exact) mass is 253 g/mol. The van der Waals surface area contributed by atoms with Crippen molar-refractivity contribution >= 4 is 17.6 Å². The van der Waals surface area contributed by atoms with Crippen LogP contribution >= 0.6 is 0 Å². The van der Waals surface area contributed by atoms with Gasteiger partial charge in [0.15, 0.2) is 0 Å². The van der Waals surface area contributed by atoms with Crippen LogP contribution in [0.2, 0.25) is 0 Å². The van der Waals surface area contributed by atoms with Crippen LogP contribution in [0.4, 0.5) is 10.1 Å². The molecule has 0 spiro atoms. The summed E-state index contributed by atoms with van der Waals surface area (Å²) in [5.41, 5.74) is 0.260. The smallest absolute Gasteiger partial charge is 0.337 e. The number of anilines is 1. The fourth-order valence-corrected chi connectivity index (χ4v) is 1.74. The Kier molecular flexibility index (Phi) is 3.57. The molecule has 1 aromatic rings. The number of hydrogen-bond acceptors (Lipinski definition) is 4.